The quantitative estimate of drug-likeness (QED) is 0.442. The smallest absolute Gasteiger partial charge is 0.261 e. The van der Waals surface area contributed by atoms with Gasteiger partial charge in [0.1, 0.15) is 17.5 Å². The predicted octanol–water partition coefficient (Wildman–Crippen LogP) is 2.03. The van der Waals surface area contributed by atoms with E-state index in [4.69, 9.17) is 9.47 Å². The number of amides is 3. The van der Waals surface area contributed by atoms with E-state index in [0.29, 0.717) is 11.5 Å². The number of carbonyl (C=O) groups is 3. The molecule has 2 rings (SSSR count). The number of methoxy groups -OCH3 is 2. The molecule has 0 spiro atoms. The molecule has 0 aliphatic rings. The van der Waals surface area contributed by atoms with Crippen molar-refractivity contribution in [3.05, 3.63) is 53.6 Å². The number of hydrogen-bond donors (Lipinski definition) is 4. The van der Waals surface area contributed by atoms with Crippen LogP contribution in [0.1, 0.15) is 29.8 Å². The number of nitrogens with one attached hydrogen (secondary N) is 4. The van der Waals surface area contributed by atoms with E-state index in [2.05, 4.69) is 21.5 Å². The first-order chi connectivity index (χ1) is 15.2. The minimum absolute atomic E-state index is 0.0222. The topological polar surface area (TPSA) is 118 Å². The molecule has 0 saturated heterocycles. The molecule has 4 N–H and O–H groups in total. The Kier molecular flexibility index (Phi) is 8.88. The zero-order chi connectivity index (χ0) is 23.7. The van der Waals surface area contributed by atoms with Crippen molar-refractivity contribution >= 4 is 23.4 Å². The molecule has 0 saturated carbocycles. The zero-order valence-electron chi connectivity index (χ0n) is 18.9. The first-order valence-corrected chi connectivity index (χ1v) is 10.2. The van der Waals surface area contributed by atoms with E-state index in [1.54, 1.807) is 32.0 Å². The van der Waals surface area contributed by atoms with Crippen LogP contribution in [0.15, 0.2) is 42.5 Å². The van der Waals surface area contributed by atoms with Crippen molar-refractivity contribution < 1.29 is 23.9 Å². The highest BCUT2D eigenvalue weighted by atomic mass is 16.5. The van der Waals surface area contributed by atoms with E-state index >= 15 is 0 Å². The van der Waals surface area contributed by atoms with Gasteiger partial charge in [0.05, 0.1) is 20.8 Å². The molecule has 1 unspecified atom stereocenters. The molecule has 9 nitrogen and oxygen atoms in total. The van der Waals surface area contributed by atoms with Gasteiger partial charge in [-0.3, -0.25) is 25.2 Å². The summed E-state index contributed by atoms with van der Waals surface area (Å²) in [5.41, 5.74) is 6.91. The Bertz CT molecular complexity index is 922. The molecular weight excluding hydrogens is 412 g/mol. The SMILES string of the molecule is COc1cc(OC)cc(C(=O)NC(C(=O)NNC(=O)CNc2ccc(C)cc2)C(C)C)c1. The standard InChI is InChI=1S/C23H30N4O5/c1-14(2)21(25-22(29)16-10-18(31-4)12-19(11-16)32-5)23(30)27-26-20(28)13-24-17-8-6-15(3)7-9-17/h6-12,14,21,24H,13H2,1-5H3,(H,25,29)(H,26,28)(H,27,30). The lowest BCUT2D eigenvalue weighted by Crippen LogP contribution is -2.55. The number of rotatable bonds is 9. The van der Waals surface area contributed by atoms with Gasteiger partial charge in [0.25, 0.3) is 17.7 Å². The van der Waals surface area contributed by atoms with Crippen LogP contribution in [0.4, 0.5) is 5.69 Å². The molecule has 0 bridgehead atoms. The summed E-state index contributed by atoms with van der Waals surface area (Å²) >= 11 is 0. The van der Waals surface area contributed by atoms with Gasteiger partial charge in [-0.1, -0.05) is 31.5 Å². The number of benzene rings is 2. The molecule has 2 aromatic rings. The minimum atomic E-state index is -0.870. The number of ether oxygens (including phenoxy) is 2. The van der Waals surface area contributed by atoms with E-state index in [9.17, 15) is 14.4 Å². The first-order valence-electron chi connectivity index (χ1n) is 10.2. The van der Waals surface area contributed by atoms with E-state index in [1.165, 1.54) is 14.2 Å². The van der Waals surface area contributed by atoms with Crippen LogP contribution in [-0.2, 0) is 9.59 Å². The van der Waals surface area contributed by atoms with Crippen LogP contribution in [-0.4, -0.2) is 44.5 Å². The monoisotopic (exact) mass is 442 g/mol. The zero-order valence-corrected chi connectivity index (χ0v) is 18.9. The second-order valence-electron chi connectivity index (χ2n) is 7.55. The Morgan fingerprint density at radius 2 is 1.50 bits per heavy atom. The van der Waals surface area contributed by atoms with E-state index < -0.39 is 23.8 Å². The average Bonchev–Trinajstić information content (AvgIpc) is 2.79. The molecule has 0 fully saturated rings. The summed E-state index contributed by atoms with van der Waals surface area (Å²) in [7, 11) is 2.97. The van der Waals surface area contributed by atoms with Crippen molar-refractivity contribution in [2.45, 2.75) is 26.8 Å². The third kappa shape index (κ3) is 7.19. The number of aryl methyl sites for hydroxylation is 1. The Morgan fingerprint density at radius 1 is 0.906 bits per heavy atom. The van der Waals surface area contributed by atoms with Crippen LogP contribution < -0.4 is 31.0 Å². The highest BCUT2D eigenvalue weighted by molar-refractivity contribution is 5.98. The molecule has 0 aliphatic carbocycles. The number of hydrogen-bond acceptors (Lipinski definition) is 6. The van der Waals surface area contributed by atoms with Crippen LogP contribution in [0.5, 0.6) is 11.5 Å². The third-order valence-electron chi connectivity index (χ3n) is 4.68. The van der Waals surface area contributed by atoms with Gasteiger partial charge >= 0.3 is 0 Å². The largest absolute Gasteiger partial charge is 0.497 e. The molecule has 2 aromatic carbocycles. The Labute approximate surface area is 187 Å². The van der Waals surface area contributed by atoms with Crippen molar-refractivity contribution in [1.29, 1.82) is 0 Å². The Hall–Kier alpha value is -3.75. The molecule has 9 heteroatoms. The highest BCUT2D eigenvalue weighted by Crippen LogP contribution is 2.22. The second kappa shape index (κ2) is 11.6. The summed E-state index contributed by atoms with van der Waals surface area (Å²) in [6.07, 6.45) is 0. The van der Waals surface area contributed by atoms with Crippen molar-refractivity contribution in [3.8, 4) is 11.5 Å². The van der Waals surface area contributed by atoms with Crippen LogP contribution in [0, 0.1) is 12.8 Å². The number of carbonyl (C=O) groups excluding carboxylic acids is 3. The summed E-state index contributed by atoms with van der Waals surface area (Å²) in [5.74, 6) is -0.753. The van der Waals surface area contributed by atoms with Gasteiger partial charge in [0.15, 0.2) is 0 Å². The number of anilines is 1. The van der Waals surface area contributed by atoms with Gasteiger partial charge in [-0.05, 0) is 37.1 Å². The lowest BCUT2D eigenvalue weighted by molar-refractivity contribution is -0.129. The molecule has 0 radical (unpaired) electrons. The minimum Gasteiger partial charge on any atom is -0.497 e. The van der Waals surface area contributed by atoms with Crippen molar-refractivity contribution in [2.24, 2.45) is 5.92 Å². The Morgan fingerprint density at radius 3 is 2.03 bits per heavy atom. The highest BCUT2D eigenvalue weighted by Gasteiger charge is 2.25. The summed E-state index contributed by atoms with van der Waals surface area (Å²) < 4.78 is 10.4. The van der Waals surface area contributed by atoms with Gasteiger partial charge in [-0.25, -0.2) is 0 Å². The van der Waals surface area contributed by atoms with Crippen LogP contribution in [0.3, 0.4) is 0 Å². The predicted molar refractivity (Wildman–Crippen MR) is 122 cm³/mol. The fraction of sp³-hybridized carbons (Fsp3) is 0.348. The molecule has 32 heavy (non-hydrogen) atoms. The fourth-order valence-corrected chi connectivity index (χ4v) is 2.81. The van der Waals surface area contributed by atoms with E-state index in [-0.39, 0.29) is 18.0 Å². The molecule has 3 amide bonds. The van der Waals surface area contributed by atoms with Gasteiger partial charge < -0.3 is 20.1 Å². The van der Waals surface area contributed by atoms with Crippen LogP contribution >= 0.6 is 0 Å². The lowest BCUT2D eigenvalue weighted by atomic mass is 10.0. The maximum Gasteiger partial charge on any atom is 0.261 e. The van der Waals surface area contributed by atoms with Gasteiger partial charge in [-0.15, -0.1) is 0 Å². The molecular formula is C23H30N4O5. The van der Waals surface area contributed by atoms with Crippen molar-refractivity contribution in [3.63, 3.8) is 0 Å². The second-order valence-corrected chi connectivity index (χ2v) is 7.55. The fourth-order valence-electron chi connectivity index (χ4n) is 2.81. The number of hydrazine groups is 1. The molecule has 172 valence electrons. The average molecular weight is 443 g/mol. The molecule has 0 aliphatic heterocycles. The Balaban J connectivity index is 1.93. The molecule has 0 heterocycles. The third-order valence-corrected chi connectivity index (χ3v) is 4.68. The summed E-state index contributed by atoms with van der Waals surface area (Å²) in [6, 6.07) is 11.4. The van der Waals surface area contributed by atoms with Gasteiger partial charge in [0, 0.05) is 17.3 Å². The lowest BCUT2D eigenvalue weighted by Gasteiger charge is -2.22. The molecule has 1 atom stereocenters. The van der Waals surface area contributed by atoms with Crippen molar-refractivity contribution in [1.82, 2.24) is 16.2 Å². The van der Waals surface area contributed by atoms with Crippen LogP contribution in [0.2, 0.25) is 0 Å². The van der Waals surface area contributed by atoms with E-state index in [1.807, 2.05) is 31.2 Å². The molecule has 0 aromatic heterocycles. The van der Waals surface area contributed by atoms with Gasteiger partial charge in [-0.2, -0.15) is 0 Å². The maximum atomic E-state index is 12.7. The summed E-state index contributed by atoms with van der Waals surface area (Å²) in [4.78, 5) is 37.4. The van der Waals surface area contributed by atoms with Gasteiger partial charge in [0.2, 0.25) is 0 Å². The van der Waals surface area contributed by atoms with Crippen LogP contribution in [0.25, 0.3) is 0 Å². The first kappa shape index (κ1) is 24.5. The van der Waals surface area contributed by atoms with Crippen molar-refractivity contribution in [2.75, 3.05) is 26.1 Å². The summed E-state index contributed by atoms with van der Waals surface area (Å²) in [5, 5.41) is 5.66. The normalized spacial score (nSPS) is 11.3. The van der Waals surface area contributed by atoms with E-state index in [0.717, 1.165) is 11.3 Å². The maximum absolute atomic E-state index is 12.7. The summed E-state index contributed by atoms with van der Waals surface area (Å²) in [6.45, 7) is 5.53.